The van der Waals surface area contributed by atoms with Crippen molar-refractivity contribution in [3.63, 3.8) is 0 Å². The smallest absolute Gasteiger partial charge is 0.302 e. The van der Waals surface area contributed by atoms with Gasteiger partial charge in [-0.1, -0.05) is 53.2 Å². The van der Waals surface area contributed by atoms with Crippen LogP contribution < -0.4 is 0 Å². The Morgan fingerprint density at radius 2 is 1.59 bits per heavy atom. The summed E-state index contributed by atoms with van der Waals surface area (Å²) in [6.07, 6.45) is 11.0. The van der Waals surface area contributed by atoms with Gasteiger partial charge in [0.25, 0.3) is 0 Å². The lowest BCUT2D eigenvalue weighted by Crippen LogP contribution is -2.67. The average Bonchev–Trinajstić information content (AvgIpc) is 2.81. The second-order valence-electron chi connectivity index (χ2n) is 16.2. The fourth-order valence-electron chi connectivity index (χ4n) is 11.1. The first-order valence-electron chi connectivity index (χ1n) is 15.5. The first-order valence-corrected chi connectivity index (χ1v) is 15.5. The molecule has 8 atom stereocenters. The number of hydrogen-bond donors (Lipinski definition) is 0. The van der Waals surface area contributed by atoms with Crippen LogP contribution in [0.4, 0.5) is 0 Å². The van der Waals surface area contributed by atoms with Crippen molar-refractivity contribution in [3.8, 4) is 0 Å². The number of Topliss-reactive ketones (excluding diaryl/α,β-unsaturated/α-hetero) is 1. The normalized spacial score (nSPS) is 46.0. The molecule has 4 fully saturated rings. The molecule has 4 saturated carbocycles. The Balaban J connectivity index is 1.57. The third kappa shape index (κ3) is 4.02. The molecule has 0 radical (unpaired) electrons. The van der Waals surface area contributed by atoms with Crippen LogP contribution in [0.5, 0.6) is 0 Å². The first kappa shape index (κ1) is 28.9. The van der Waals surface area contributed by atoms with Gasteiger partial charge in [0.2, 0.25) is 0 Å². The van der Waals surface area contributed by atoms with Crippen molar-refractivity contribution < 1.29 is 23.9 Å². The van der Waals surface area contributed by atoms with Crippen LogP contribution in [0.15, 0.2) is 11.6 Å². The highest BCUT2D eigenvalue weighted by molar-refractivity contribution is 5.91. The molecule has 0 amide bonds. The molecule has 0 aliphatic heterocycles. The van der Waals surface area contributed by atoms with E-state index in [1.54, 1.807) is 0 Å². The van der Waals surface area contributed by atoms with Crippen molar-refractivity contribution >= 4 is 17.7 Å². The number of esters is 2. The first-order chi connectivity index (χ1) is 17.9. The summed E-state index contributed by atoms with van der Waals surface area (Å²) in [4.78, 5) is 38.4. The van der Waals surface area contributed by atoms with E-state index in [-0.39, 0.29) is 51.0 Å². The van der Waals surface area contributed by atoms with E-state index < -0.39 is 5.41 Å². The van der Waals surface area contributed by atoms with Gasteiger partial charge in [-0.05, 0) is 92.3 Å². The third-order valence-electron chi connectivity index (χ3n) is 13.4. The van der Waals surface area contributed by atoms with E-state index in [1.807, 2.05) is 0 Å². The fourth-order valence-corrected chi connectivity index (χ4v) is 11.1. The molecule has 5 aliphatic rings. The maximum atomic E-state index is 14.6. The Kier molecular flexibility index (Phi) is 6.60. The minimum absolute atomic E-state index is 0.0506. The molecule has 39 heavy (non-hydrogen) atoms. The number of carbonyl (C=O) groups excluding carboxylic acids is 3. The molecule has 0 heterocycles. The summed E-state index contributed by atoms with van der Waals surface area (Å²) in [6.45, 7) is 19.9. The average molecular weight is 541 g/mol. The Morgan fingerprint density at radius 3 is 2.23 bits per heavy atom. The van der Waals surface area contributed by atoms with E-state index >= 15 is 0 Å². The van der Waals surface area contributed by atoms with Gasteiger partial charge in [0, 0.05) is 31.1 Å². The maximum absolute atomic E-state index is 14.6. The second-order valence-corrected chi connectivity index (χ2v) is 16.2. The number of allylic oxidation sites excluding steroid dienone is 2. The molecular formula is C34H52O5. The van der Waals surface area contributed by atoms with E-state index in [1.165, 1.54) is 19.4 Å². The minimum atomic E-state index is -0.501. The maximum Gasteiger partial charge on any atom is 0.302 e. The molecule has 0 saturated heterocycles. The van der Waals surface area contributed by atoms with Gasteiger partial charge >= 0.3 is 11.9 Å². The van der Waals surface area contributed by atoms with Gasteiger partial charge in [-0.3, -0.25) is 14.4 Å². The molecule has 0 bridgehead atoms. The number of hydrogen-bond acceptors (Lipinski definition) is 5. The Morgan fingerprint density at radius 1 is 0.897 bits per heavy atom. The molecule has 0 spiro atoms. The van der Waals surface area contributed by atoms with Crippen molar-refractivity contribution in [3.05, 3.63) is 11.6 Å². The monoisotopic (exact) mass is 540 g/mol. The molecule has 5 heteroatoms. The van der Waals surface area contributed by atoms with Crippen LogP contribution in [0.3, 0.4) is 0 Å². The molecule has 5 nitrogen and oxygen atoms in total. The van der Waals surface area contributed by atoms with Crippen LogP contribution in [-0.4, -0.2) is 30.4 Å². The third-order valence-corrected chi connectivity index (χ3v) is 13.4. The van der Waals surface area contributed by atoms with Gasteiger partial charge in [0.1, 0.15) is 11.9 Å². The SMILES string of the molecule is CC(=O)OC[C@]12CCC(C)(C)C[C@H]1C1=CC[C@@H]3[C@@]4(C)CC[C@H](OC(C)=O)C(C)(C)[C@@H]4CC[C@@]3(C)[C@]1(C)C(=O)C2. The summed E-state index contributed by atoms with van der Waals surface area (Å²) in [5.41, 5.74) is 0.625. The van der Waals surface area contributed by atoms with Gasteiger partial charge in [-0.25, -0.2) is 0 Å². The fraction of sp³-hybridized carbons (Fsp3) is 0.853. The lowest BCUT2D eigenvalue weighted by atomic mass is 9.33. The van der Waals surface area contributed by atoms with Crippen molar-refractivity contribution in [2.24, 2.45) is 50.2 Å². The Bertz CT molecular complexity index is 1100. The highest BCUT2D eigenvalue weighted by Crippen LogP contribution is 2.75. The summed E-state index contributed by atoms with van der Waals surface area (Å²) < 4.78 is 11.6. The zero-order chi connectivity index (χ0) is 28.8. The van der Waals surface area contributed by atoms with Crippen LogP contribution in [0.2, 0.25) is 0 Å². The lowest BCUT2D eigenvalue weighted by molar-refractivity contribution is -0.212. The van der Waals surface area contributed by atoms with Crippen molar-refractivity contribution in [1.29, 1.82) is 0 Å². The molecule has 0 N–H and O–H groups in total. The summed E-state index contributed by atoms with van der Waals surface area (Å²) in [6, 6.07) is 0. The van der Waals surface area contributed by atoms with E-state index in [9.17, 15) is 14.4 Å². The number of ether oxygens (including phenoxy) is 2. The Hall–Kier alpha value is -1.65. The van der Waals surface area contributed by atoms with Gasteiger partial charge in [0.05, 0.1) is 12.0 Å². The van der Waals surface area contributed by atoms with Crippen molar-refractivity contribution in [2.45, 2.75) is 126 Å². The molecule has 0 unspecified atom stereocenters. The predicted octanol–water partition coefficient (Wildman–Crippen LogP) is 7.46. The Labute approximate surface area is 236 Å². The number of rotatable bonds is 3. The van der Waals surface area contributed by atoms with E-state index in [4.69, 9.17) is 9.47 Å². The van der Waals surface area contributed by atoms with Crippen LogP contribution in [0.25, 0.3) is 0 Å². The van der Waals surface area contributed by atoms with Crippen LogP contribution >= 0.6 is 0 Å². The summed E-state index contributed by atoms with van der Waals surface area (Å²) >= 11 is 0. The van der Waals surface area contributed by atoms with Crippen LogP contribution in [-0.2, 0) is 23.9 Å². The molecule has 5 rings (SSSR count). The molecule has 0 aromatic rings. The molecular weight excluding hydrogens is 488 g/mol. The van der Waals surface area contributed by atoms with Crippen LogP contribution in [0, 0.1) is 50.2 Å². The highest BCUT2D eigenvalue weighted by Gasteiger charge is 2.71. The standard InChI is InChI=1S/C34H52O5/c1-21(35)38-20-34-17-16-29(3,4)18-24(34)23-10-11-26-31(7)14-13-28(39-22(2)36)30(5,6)25(31)12-15-32(26,8)33(23,9)27(37)19-34/h10,24-26,28H,11-20H2,1-9H3/t24-,25-,26+,28-,31-,32+,33-,34+/m0/s1. The lowest BCUT2D eigenvalue weighted by Gasteiger charge is -2.70. The topological polar surface area (TPSA) is 69.7 Å². The molecule has 0 aromatic heterocycles. The number of carbonyl (C=O) groups is 3. The minimum Gasteiger partial charge on any atom is -0.465 e. The zero-order valence-electron chi connectivity index (χ0n) is 26.0. The van der Waals surface area contributed by atoms with E-state index in [0.29, 0.717) is 30.6 Å². The van der Waals surface area contributed by atoms with Gasteiger partial charge in [0.15, 0.2) is 0 Å². The molecule has 5 aliphatic carbocycles. The van der Waals surface area contributed by atoms with Crippen molar-refractivity contribution in [1.82, 2.24) is 0 Å². The highest BCUT2D eigenvalue weighted by atomic mass is 16.5. The summed E-state index contributed by atoms with van der Waals surface area (Å²) in [5.74, 6) is 1.03. The van der Waals surface area contributed by atoms with Gasteiger partial charge < -0.3 is 9.47 Å². The van der Waals surface area contributed by atoms with E-state index in [2.05, 4.69) is 54.5 Å². The predicted molar refractivity (Wildman–Crippen MR) is 152 cm³/mol. The van der Waals surface area contributed by atoms with Gasteiger partial charge in [-0.15, -0.1) is 0 Å². The summed E-state index contributed by atoms with van der Waals surface area (Å²) in [5, 5.41) is 0. The van der Waals surface area contributed by atoms with Crippen molar-refractivity contribution in [2.75, 3.05) is 6.61 Å². The summed E-state index contributed by atoms with van der Waals surface area (Å²) in [7, 11) is 0. The number of ketones is 1. The van der Waals surface area contributed by atoms with Gasteiger partial charge in [-0.2, -0.15) is 0 Å². The zero-order valence-corrected chi connectivity index (χ0v) is 26.0. The molecule has 218 valence electrons. The number of fused-ring (bicyclic) bond motifs is 7. The molecule has 0 aromatic carbocycles. The van der Waals surface area contributed by atoms with E-state index in [0.717, 1.165) is 51.4 Å². The second kappa shape index (κ2) is 8.92. The quantitative estimate of drug-likeness (QED) is 0.274. The largest absolute Gasteiger partial charge is 0.465 e. The van der Waals surface area contributed by atoms with Crippen LogP contribution in [0.1, 0.15) is 120 Å².